The van der Waals surface area contributed by atoms with Crippen LogP contribution in [0.2, 0.25) is 0 Å². The van der Waals surface area contributed by atoms with Gasteiger partial charge in [0.15, 0.2) is 0 Å². The van der Waals surface area contributed by atoms with Crippen LogP contribution in [-0.2, 0) is 4.74 Å². The zero-order valence-corrected chi connectivity index (χ0v) is 12.6. The Morgan fingerprint density at radius 3 is 2.85 bits per heavy atom. The van der Waals surface area contributed by atoms with Crippen molar-refractivity contribution in [3.63, 3.8) is 0 Å². The smallest absolute Gasteiger partial charge is 0.410 e. The Morgan fingerprint density at radius 2 is 2.20 bits per heavy atom. The van der Waals surface area contributed by atoms with Crippen LogP contribution in [0.3, 0.4) is 0 Å². The number of nitrogens with zero attached hydrogens (tertiary/aromatic N) is 2. The molecule has 0 bridgehead atoms. The highest BCUT2D eigenvalue weighted by molar-refractivity contribution is 5.68. The van der Waals surface area contributed by atoms with Crippen LogP contribution in [0.5, 0.6) is 0 Å². The molecule has 0 aromatic carbocycles. The summed E-state index contributed by atoms with van der Waals surface area (Å²) < 4.78 is 5.42. The van der Waals surface area contributed by atoms with E-state index in [1.54, 1.807) is 4.90 Å². The third kappa shape index (κ3) is 3.93. The first-order chi connectivity index (χ1) is 9.35. The van der Waals surface area contributed by atoms with Crippen molar-refractivity contribution in [2.75, 3.05) is 19.6 Å². The molecule has 1 aliphatic rings. The van der Waals surface area contributed by atoms with Gasteiger partial charge >= 0.3 is 6.09 Å². The first-order valence-corrected chi connectivity index (χ1v) is 7.00. The molecular formula is C15H23N3O2. The number of amides is 1. The van der Waals surface area contributed by atoms with E-state index >= 15 is 0 Å². The van der Waals surface area contributed by atoms with E-state index in [1.165, 1.54) is 0 Å². The molecule has 2 heterocycles. The molecule has 110 valence electrons. The monoisotopic (exact) mass is 277 g/mol. The lowest BCUT2D eigenvalue weighted by Gasteiger charge is -2.34. The van der Waals surface area contributed by atoms with Gasteiger partial charge in [-0.3, -0.25) is 4.98 Å². The van der Waals surface area contributed by atoms with Gasteiger partial charge in [0.1, 0.15) is 5.60 Å². The number of hydrogen-bond donors (Lipinski definition) is 1. The number of rotatable bonds is 1. The Hall–Kier alpha value is -1.62. The molecule has 1 atom stereocenters. The molecule has 1 aromatic heterocycles. The number of ether oxygens (including phenoxy) is 1. The van der Waals surface area contributed by atoms with E-state index in [0.29, 0.717) is 13.1 Å². The quantitative estimate of drug-likeness (QED) is 0.855. The standard InChI is InChI=1S/C15H23N3O2/c1-11-6-5-7-12(17-11)13-10-18(9-8-16-13)14(19)20-15(2,3)4/h5-7,13,16H,8-10H2,1-4H3. The number of aryl methyl sites for hydroxylation is 1. The maximum Gasteiger partial charge on any atom is 0.410 e. The van der Waals surface area contributed by atoms with Gasteiger partial charge in [-0.05, 0) is 39.8 Å². The fraction of sp³-hybridized carbons (Fsp3) is 0.600. The van der Waals surface area contributed by atoms with Crippen LogP contribution in [0.1, 0.15) is 38.2 Å². The molecule has 2 rings (SSSR count). The normalized spacial score (nSPS) is 19.8. The van der Waals surface area contributed by atoms with Crippen molar-refractivity contribution in [3.05, 3.63) is 29.6 Å². The van der Waals surface area contributed by atoms with Crippen molar-refractivity contribution < 1.29 is 9.53 Å². The number of carbonyl (C=O) groups is 1. The highest BCUT2D eigenvalue weighted by atomic mass is 16.6. The van der Waals surface area contributed by atoms with Gasteiger partial charge in [0.25, 0.3) is 0 Å². The predicted octanol–water partition coefficient (Wildman–Crippen LogP) is 2.27. The Kier molecular flexibility index (Phi) is 4.28. The summed E-state index contributed by atoms with van der Waals surface area (Å²) in [4.78, 5) is 18.4. The molecule has 1 aromatic rings. The van der Waals surface area contributed by atoms with E-state index in [1.807, 2.05) is 45.9 Å². The number of aromatic nitrogens is 1. The second kappa shape index (κ2) is 5.79. The second-order valence-electron chi connectivity index (χ2n) is 6.14. The molecule has 20 heavy (non-hydrogen) atoms. The molecule has 0 spiro atoms. The predicted molar refractivity (Wildman–Crippen MR) is 77.5 cm³/mol. The highest BCUT2D eigenvalue weighted by Crippen LogP contribution is 2.18. The Morgan fingerprint density at radius 1 is 1.45 bits per heavy atom. The van der Waals surface area contributed by atoms with Crippen LogP contribution in [0, 0.1) is 6.92 Å². The minimum Gasteiger partial charge on any atom is -0.444 e. The highest BCUT2D eigenvalue weighted by Gasteiger charge is 2.28. The van der Waals surface area contributed by atoms with E-state index in [-0.39, 0.29) is 12.1 Å². The number of nitrogens with one attached hydrogen (secondary N) is 1. The molecule has 1 saturated heterocycles. The third-order valence-corrected chi connectivity index (χ3v) is 3.09. The van der Waals surface area contributed by atoms with Crippen LogP contribution < -0.4 is 5.32 Å². The third-order valence-electron chi connectivity index (χ3n) is 3.09. The number of pyridine rings is 1. The first kappa shape index (κ1) is 14.8. The lowest BCUT2D eigenvalue weighted by molar-refractivity contribution is 0.0194. The van der Waals surface area contributed by atoms with Gasteiger partial charge in [0.2, 0.25) is 0 Å². The maximum atomic E-state index is 12.1. The average molecular weight is 277 g/mol. The summed E-state index contributed by atoms with van der Waals surface area (Å²) >= 11 is 0. The number of hydrogen-bond acceptors (Lipinski definition) is 4. The topological polar surface area (TPSA) is 54.5 Å². The number of piperazine rings is 1. The molecule has 1 N–H and O–H groups in total. The van der Waals surface area contributed by atoms with Gasteiger partial charge in [-0.15, -0.1) is 0 Å². The van der Waals surface area contributed by atoms with E-state index in [2.05, 4.69) is 10.3 Å². The summed E-state index contributed by atoms with van der Waals surface area (Å²) in [5, 5.41) is 3.40. The molecule has 1 aliphatic heterocycles. The minimum atomic E-state index is -0.459. The molecule has 0 saturated carbocycles. The molecule has 1 fully saturated rings. The van der Waals surface area contributed by atoms with Crippen molar-refractivity contribution in [2.24, 2.45) is 0 Å². The Labute approximate surface area is 120 Å². The molecule has 0 radical (unpaired) electrons. The first-order valence-electron chi connectivity index (χ1n) is 7.00. The summed E-state index contributed by atoms with van der Waals surface area (Å²) in [6.07, 6.45) is -0.253. The van der Waals surface area contributed by atoms with Crippen molar-refractivity contribution in [3.8, 4) is 0 Å². The van der Waals surface area contributed by atoms with Crippen molar-refractivity contribution in [1.82, 2.24) is 15.2 Å². The average Bonchev–Trinajstić information content (AvgIpc) is 2.37. The van der Waals surface area contributed by atoms with Crippen molar-refractivity contribution in [2.45, 2.75) is 39.3 Å². The lowest BCUT2D eigenvalue weighted by atomic mass is 10.1. The van der Waals surface area contributed by atoms with Crippen molar-refractivity contribution in [1.29, 1.82) is 0 Å². The summed E-state index contributed by atoms with van der Waals surface area (Å²) in [5.41, 5.74) is 1.50. The lowest BCUT2D eigenvalue weighted by Crippen LogP contribution is -2.49. The molecule has 5 heteroatoms. The maximum absolute atomic E-state index is 12.1. The van der Waals surface area contributed by atoms with E-state index in [0.717, 1.165) is 17.9 Å². The van der Waals surface area contributed by atoms with E-state index < -0.39 is 5.60 Å². The fourth-order valence-corrected chi connectivity index (χ4v) is 2.20. The van der Waals surface area contributed by atoms with Gasteiger partial charge in [0, 0.05) is 25.3 Å². The van der Waals surface area contributed by atoms with Gasteiger partial charge in [0.05, 0.1) is 11.7 Å². The summed E-state index contributed by atoms with van der Waals surface area (Å²) in [6, 6.07) is 6.02. The van der Waals surface area contributed by atoms with Crippen LogP contribution >= 0.6 is 0 Å². The van der Waals surface area contributed by atoms with Crippen LogP contribution in [-0.4, -0.2) is 41.2 Å². The van der Waals surface area contributed by atoms with E-state index in [9.17, 15) is 4.79 Å². The van der Waals surface area contributed by atoms with Crippen LogP contribution in [0.4, 0.5) is 4.79 Å². The van der Waals surface area contributed by atoms with Gasteiger partial charge < -0.3 is 15.0 Å². The van der Waals surface area contributed by atoms with Crippen LogP contribution in [0.15, 0.2) is 18.2 Å². The zero-order chi connectivity index (χ0) is 14.8. The molecule has 5 nitrogen and oxygen atoms in total. The van der Waals surface area contributed by atoms with Gasteiger partial charge in [-0.25, -0.2) is 4.79 Å². The summed E-state index contributed by atoms with van der Waals surface area (Å²) in [7, 11) is 0. The molecule has 0 aliphatic carbocycles. The SMILES string of the molecule is Cc1cccc(C2CN(C(=O)OC(C)(C)C)CCN2)n1. The van der Waals surface area contributed by atoms with Gasteiger partial charge in [-0.2, -0.15) is 0 Å². The summed E-state index contributed by atoms with van der Waals surface area (Å²) in [5.74, 6) is 0. The molecular weight excluding hydrogens is 254 g/mol. The summed E-state index contributed by atoms with van der Waals surface area (Å²) in [6.45, 7) is 9.62. The zero-order valence-electron chi connectivity index (χ0n) is 12.6. The Balaban J connectivity index is 2.03. The fourth-order valence-electron chi connectivity index (χ4n) is 2.20. The van der Waals surface area contributed by atoms with Crippen molar-refractivity contribution >= 4 is 6.09 Å². The van der Waals surface area contributed by atoms with E-state index in [4.69, 9.17) is 4.74 Å². The van der Waals surface area contributed by atoms with Gasteiger partial charge in [-0.1, -0.05) is 6.07 Å². The molecule has 1 unspecified atom stereocenters. The van der Waals surface area contributed by atoms with Crippen LogP contribution in [0.25, 0.3) is 0 Å². The largest absolute Gasteiger partial charge is 0.444 e. The second-order valence-corrected chi connectivity index (χ2v) is 6.14. The minimum absolute atomic E-state index is 0.0659. The molecule has 1 amide bonds. The number of carbonyl (C=O) groups excluding carboxylic acids is 1. The Bertz CT molecular complexity index is 482.